The number of anilines is 2. The molecule has 0 aliphatic carbocycles. The maximum atomic E-state index is 13.3. The maximum absolute atomic E-state index is 13.3. The zero-order valence-electron chi connectivity index (χ0n) is 13.4. The lowest BCUT2D eigenvalue weighted by atomic mass is 9.90. The van der Waals surface area contributed by atoms with E-state index in [-0.39, 0.29) is 11.5 Å². The van der Waals surface area contributed by atoms with Crippen molar-refractivity contribution in [2.24, 2.45) is 5.92 Å². The van der Waals surface area contributed by atoms with Crippen molar-refractivity contribution in [3.63, 3.8) is 0 Å². The second kappa shape index (κ2) is 6.96. The molecular weight excluding hydrogens is 332 g/mol. The van der Waals surface area contributed by atoms with Crippen LogP contribution in [0.1, 0.15) is 18.4 Å². The summed E-state index contributed by atoms with van der Waals surface area (Å²) in [5.41, 5.74) is 6.06. The van der Waals surface area contributed by atoms with Gasteiger partial charge in [-0.1, -0.05) is 6.07 Å². The Hall–Kier alpha value is -2.84. The number of aromatic nitrogens is 2. The van der Waals surface area contributed by atoms with E-state index < -0.39 is 16.6 Å². The topological polar surface area (TPSA) is 98.2 Å². The number of hydrogen-bond donors (Lipinski definition) is 1. The molecule has 132 valence electrons. The van der Waals surface area contributed by atoms with Gasteiger partial charge in [0.05, 0.1) is 4.92 Å². The molecule has 9 heteroatoms. The number of nitrogens with zero attached hydrogens (tertiary/aromatic N) is 4. The molecule has 1 aliphatic heterocycles. The van der Waals surface area contributed by atoms with Gasteiger partial charge in [-0.15, -0.1) is 0 Å². The molecule has 0 bridgehead atoms. The summed E-state index contributed by atoms with van der Waals surface area (Å²) >= 11 is 0. The minimum atomic E-state index is -0.841. The highest BCUT2D eigenvalue weighted by Gasteiger charge is 2.23. The van der Waals surface area contributed by atoms with Crippen molar-refractivity contribution >= 4 is 17.5 Å². The number of rotatable bonds is 4. The van der Waals surface area contributed by atoms with Gasteiger partial charge in [0.25, 0.3) is 0 Å². The first-order chi connectivity index (χ1) is 11.9. The SMILES string of the molecule is Nc1nc(N2CCC(Cc3ccc(F)c(F)c3)CC2)ncc1[N+](=O)[O-]. The van der Waals surface area contributed by atoms with Gasteiger partial charge in [0.15, 0.2) is 11.6 Å². The Morgan fingerprint density at radius 3 is 2.60 bits per heavy atom. The predicted octanol–water partition coefficient (Wildman–Crippen LogP) is 2.70. The van der Waals surface area contributed by atoms with Crippen molar-refractivity contribution in [1.29, 1.82) is 0 Å². The van der Waals surface area contributed by atoms with Crippen LogP contribution in [0.2, 0.25) is 0 Å². The van der Waals surface area contributed by atoms with Gasteiger partial charge < -0.3 is 10.6 Å². The normalized spacial score (nSPS) is 15.4. The lowest BCUT2D eigenvalue weighted by Crippen LogP contribution is -2.35. The van der Waals surface area contributed by atoms with E-state index in [1.807, 2.05) is 4.90 Å². The highest BCUT2D eigenvalue weighted by atomic mass is 19.2. The Kier molecular flexibility index (Phi) is 4.73. The number of benzene rings is 1. The second-order valence-corrected chi connectivity index (χ2v) is 6.08. The number of nitro groups is 1. The van der Waals surface area contributed by atoms with Crippen LogP contribution in [0, 0.1) is 27.7 Å². The molecule has 1 fully saturated rings. The summed E-state index contributed by atoms with van der Waals surface area (Å²) in [5, 5.41) is 10.8. The number of piperidine rings is 1. The quantitative estimate of drug-likeness (QED) is 0.673. The standard InChI is InChI=1S/C16H17F2N5O2/c17-12-2-1-11(8-13(12)18)7-10-3-5-22(6-4-10)16-20-9-14(23(24)25)15(19)21-16/h1-2,8-10H,3-7H2,(H2,19,20,21). The van der Waals surface area contributed by atoms with Crippen LogP contribution < -0.4 is 10.6 Å². The molecule has 0 spiro atoms. The number of nitrogens with two attached hydrogens (primary N) is 1. The van der Waals surface area contributed by atoms with Gasteiger partial charge in [0.2, 0.25) is 11.8 Å². The van der Waals surface area contributed by atoms with E-state index in [0.29, 0.717) is 31.4 Å². The fourth-order valence-electron chi connectivity index (χ4n) is 3.01. The summed E-state index contributed by atoms with van der Waals surface area (Å²) in [5.74, 6) is -1.11. The van der Waals surface area contributed by atoms with Crippen molar-refractivity contribution in [1.82, 2.24) is 9.97 Å². The summed E-state index contributed by atoms with van der Waals surface area (Å²) in [6, 6.07) is 3.99. The molecule has 1 aromatic carbocycles. The van der Waals surface area contributed by atoms with Gasteiger partial charge in [0, 0.05) is 13.1 Å². The zero-order valence-corrected chi connectivity index (χ0v) is 13.4. The van der Waals surface area contributed by atoms with Crippen molar-refractivity contribution in [3.05, 3.63) is 51.7 Å². The van der Waals surface area contributed by atoms with Gasteiger partial charge in [-0.05, 0) is 42.9 Å². The van der Waals surface area contributed by atoms with Gasteiger partial charge in [0.1, 0.15) is 6.20 Å². The molecule has 25 heavy (non-hydrogen) atoms. The fourth-order valence-corrected chi connectivity index (χ4v) is 3.01. The van der Waals surface area contributed by atoms with E-state index in [9.17, 15) is 18.9 Å². The predicted molar refractivity (Wildman–Crippen MR) is 88.1 cm³/mol. The Bertz CT molecular complexity index is 794. The van der Waals surface area contributed by atoms with E-state index in [1.165, 1.54) is 6.07 Å². The zero-order chi connectivity index (χ0) is 18.0. The van der Waals surface area contributed by atoms with Crippen LogP contribution in [0.25, 0.3) is 0 Å². The summed E-state index contributed by atoms with van der Waals surface area (Å²) in [7, 11) is 0. The highest BCUT2D eigenvalue weighted by molar-refractivity contribution is 5.53. The molecule has 0 radical (unpaired) electrons. The van der Waals surface area contributed by atoms with Crippen LogP contribution in [0.15, 0.2) is 24.4 Å². The number of hydrogen-bond acceptors (Lipinski definition) is 6. The molecule has 2 heterocycles. The molecule has 2 aromatic rings. The third kappa shape index (κ3) is 3.81. The number of halogens is 2. The third-order valence-corrected chi connectivity index (χ3v) is 4.39. The van der Waals surface area contributed by atoms with Gasteiger partial charge >= 0.3 is 5.69 Å². The van der Waals surface area contributed by atoms with Crippen LogP contribution in [0.5, 0.6) is 0 Å². The van der Waals surface area contributed by atoms with E-state index in [1.54, 1.807) is 6.07 Å². The molecule has 0 saturated carbocycles. The van der Waals surface area contributed by atoms with Crippen LogP contribution in [0.3, 0.4) is 0 Å². The summed E-state index contributed by atoms with van der Waals surface area (Å²) in [6.45, 7) is 1.34. The average molecular weight is 349 g/mol. The van der Waals surface area contributed by atoms with Crippen LogP contribution >= 0.6 is 0 Å². The average Bonchev–Trinajstić information content (AvgIpc) is 2.58. The first-order valence-electron chi connectivity index (χ1n) is 7.90. The molecule has 7 nitrogen and oxygen atoms in total. The first-order valence-corrected chi connectivity index (χ1v) is 7.90. The van der Waals surface area contributed by atoms with Crippen LogP contribution in [-0.2, 0) is 6.42 Å². The van der Waals surface area contributed by atoms with Gasteiger partial charge in [-0.3, -0.25) is 10.1 Å². The number of nitrogen functional groups attached to an aromatic ring is 1. The Morgan fingerprint density at radius 2 is 2.00 bits per heavy atom. The van der Waals surface area contributed by atoms with Gasteiger partial charge in [-0.25, -0.2) is 13.8 Å². The fraction of sp³-hybridized carbons (Fsp3) is 0.375. The van der Waals surface area contributed by atoms with Gasteiger partial charge in [-0.2, -0.15) is 4.98 Å². The molecule has 3 rings (SSSR count). The minimum absolute atomic E-state index is 0.154. The molecule has 1 saturated heterocycles. The lowest BCUT2D eigenvalue weighted by Gasteiger charge is -2.32. The van der Waals surface area contributed by atoms with Crippen molar-refractivity contribution in [3.8, 4) is 0 Å². The van der Waals surface area contributed by atoms with E-state index in [4.69, 9.17) is 5.73 Å². The van der Waals surface area contributed by atoms with Crippen LogP contribution in [0.4, 0.5) is 26.2 Å². The molecular formula is C16H17F2N5O2. The lowest BCUT2D eigenvalue weighted by molar-refractivity contribution is -0.384. The largest absolute Gasteiger partial charge is 0.378 e. The molecule has 0 amide bonds. The van der Waals surface area contributed by atoms with E-state index >= 15 is 0 Å². The minimum Gasteiger partial charge on any atom is -0.378 e. The monoisotopic (exact) mass is 349 g/mol. The summed E-state index contributed by atoms with van der Waals surface area (Å²) < 4.78 is 26.3. The first kappa shape index (κ1) is 17.0. The molecule has 1 aromatic heterocycles. The smallest absolute Gasteiger partial charge is 0.329 e. The van der Waals surface area contributed by atoms with E-state index in [0.717, 1.165) is 30.7 Å². The Balaban J connectivity index is 1.61. The second-order valence-electron chi connectivity index (χ2n) is 6.08. The Morgan fingerprint density at radius 1 is 1.28 bits per heavy atom. The summed E-state index contributed by atoms with van der Waals surface area (Å²) in [6.07, 6.45) is 3.46. The molecule has 1 aliphatic rings. The molecule has 2 N–H and O–H groups in total. The van der Waals surface area contributed by atoms with Crippen molar-refractivity contribution < 1.29 is 13.7 Å². The Labute approximate surface area is 142 Å². The van der Waals surface area contributed by atoms with E-state index in [2.05, 4.69) is 9.97 Å². The molecule has 0 atom stereocenters. The summed E-state index contributed by atoms with van der Waals surface area (Å²) in [4.78, 5) is 20.1. The van der Waals surface area contributed by atoms with Crippen molar-refractivity contribution in [2.45, 2.75) is 19.3 Å². The maximum Gasteiger partial charge on any atom is 0.329 e. The third-order valence-electron chi connectivity index (χ3n) is 4.39. The molecule has 0 unspecified atom stereocenters. The highest BCUT2D eigenvalue weighted by Crippen LogP contribution is 2.26. The van der Waals surface area contributed by atoms with Crippen LogP contribution in [-0.4, -0.2) is 28.0 Å². The van der Waals surface area contributed by atoms with Crippen molar-refractivity contribution in [2.75, 3.05) is 23.7 Å².